The fourth-order valence-electron chi connectivity index (χ4n) is 12.1. The fourth-order valence-corrected chi connectivity index (χ4v) is 14.2. The van der Waals surface area contributed by atoms with Crippen LogP contribution in [0.5, 0.6) is 0 Å². The number of ether oxygens (including phenoxy) is 1. The van der Waals surface area contributed by atoms with Gasteiger partial charge in [-0.15, -0.1) is 0 Å². The lowest BCUT2D eigenvalue weighted by atomic mass is 9.44. The Morgan fingerprint density at radius 1 is 0.640 bits per heavy atom. The number of carbonyl (C=O) groups is 1. The van der Waals surface area contributed by atoms with E-state index in [0.717, 1.165) is 42.9 Å². The molecule has 0 saturated heterocycles. The molecular formula is C46H82Br2O2. The van der Waals surface area contributed by atoms with Crippen LogP contribution in [0.25, 0.3) is 0 Å². The quantitative estimate of drug-likeness (QED) is 0.0521. The number of fused-ring (bicyclic) bond motifs is 5. The number of alkyl halides is 2. The first kappa shape index (κ1) is 43.2. The highest BCUT2D eigenvalue weighted by Crippen LogP contribution is 2.71. The molecule has 0 N–H and O–H groups in total. The van der Waals surface area contributed by atoms with Crippen LogP contribution < -0.4 is 0 Å². The Morgan fingerprint density at radius 2 is 1.16 bits per heavy atom. The molecule has 0 aromatic heterocycles. The monoisotopic (exact) mass is 824 g/mol. The van der Waals surface area contributed by atoms with Gasteiger partial charge in [0.15, 0.2) is 0 Å². The molecule has 4 saturated carbocycles. The maximum Gasteiger partial charge on any atom is 0.306 e. The molecule has 4 fully saturated rings. The first-order chi connectivity index (χ1) is 24.2. The largest absolute Gasteiger partial charge is 0.462 e. The van der Waals surface area contributed by atoms with Crippen molar-refractivity contribution in [2.75, 3.05) is 0 Å². The zero-order valence-corrected chi connectivity index (χ0v) is 36.8. The number of hydrogen-bond acceptors (Lipinski definition) is 2. The first-order valence-corrected chi connectivity index (χ1v) is 24.4. The van der Waals surface area contributed by atoms with E-state index in [1.807, 2.05) is 0 Å². The summed E-state index contributed by atoms with van der Waals surface area (Å²) in [6.07, 6.45) is 42.7. The van der Waals surface area contributed by atoms with E-state index in [4.69, 9.17) is 4.74 Å². The lowest BCUT2D eigenvalue weighted by molar-refractivity contribution is -0.157. The normalized spacial score (nSPS) is 35.0. The van der Waals surface area contributed by atoms with Crippen LogP contribution in [-0.2, 0) is 9.53 Å². The van der Waals surface area contributed by atoms with Gasteiger partial charge in [-0.2, -0.15) is 0 Å². The average molecular weight is 827 g/mol. The minimum absolute atomic E-state index is 0.0167. The van der Waals surface area contributed by atoms with Crippen molar-refractivity contribution in [3.8, 4) is 0 Å². The molecule has 0 spiro atoms. The molecule has 50 heavy (non-hydrogen) atoms. The molecular weight excluding hydrogens is 744 g/mol. The summed E-state index contributed by atoms with van der Waals surface area (Å²) < 4.78 is 6.25. The molecule has 9 atom stereocenters. The Balaban J connectivity index is 1.11. The summed E-state index contributed by atoms with van der Waals surface area (Å²) in [5, 5.41) is 0. The van der Waals surface area contributed by atoms with Gasteiger partial charge in [0, 0.05) is 22.0 Å². The van der Waals surface area contributed by atoms with Crippen LogP contribution in [0.1, 0.15) is 233 Å². The molecule has 0 unspecified atom stereocenters. The average Bonchev–Trinajstić information content (AvgIpc) is 3.43. The lowest BCUT2D eigenvalue weighted by Gasteiger charge is -2.65. The van der Waals surface area contributed by atoms with Gasteiger partial charge in [0.2, 0.25) is 0 Å². The zero-order chi connectivity index (χ0) is 35.9. The lowest BCUT2D eigenvalue weighted by Crippen LogP contribution is -2.64. The first-order valence-electron chi connectivity index (χ1n) is 22.7. The Kier molecular flexibility index (Phi) is 19.1. The summed E-state index contributed by atoms with van der Waals surface area (Å²) in [5.41, 5.74) is 0.818. The summed E-state index contributed by atoms with van der Waals surface area (Å²) in [4.78, 5) is 13.4. The smallest absolute Gasteiger partial charge is 0.306 e. The summed E-state index contributed by atoms with van der Waals surface area (Å²) in [6.45, 7) is 9.95. The van der Waals surface area contributed by atoms with E-state index in [9.17, 15) is 4.79 Å². The van der Waals surface area contributed by atoms with Crippen LogP contribution in [0.4, 0.5) is 0 Å². The van der Waals surface area contributed by atoms with Crippen molar-refractivity contribution in [2.24, 2.45) is 34.5 Å². The molecule has 292 valence electrons. The van der Waals surface area contributed by atoms with Gasteiger partial charge in [0.1, 0.15) is 6.10 Å². The highest BCUT2D eigenvalue weighted by molar-refractivity contribution is 9.12. The maximum absolute atomic E-state index is 13.0. The molecule has 0 amide bonds. The number of unbranched alkanes of at least 4 members (excludes halogenated alkanes) is 20. The van der Waals surface area contributed by atoms with Crippen molar-refractivity contribution in [1.82, 2.24) is 0 Å². The second kappa shape index (κ2) is 22.1. The molecule has 4 rings (SSSR count). The summed E-state index contributed by atoms with van der Waals surface area (Å²) >= 11 is 8.73. The molecule has 0 aromatic carbocycles. The van der Waals surface area contributed by atoms with Crippen molar-refractivity contribution in [1.29, 1.82) is 0 Å². The van der Waals surface area contributed by atoms with E-state index in [0.29, 0.717) is 16.7 Å². The number of hydrogen-bond donors (Lipinski definition) is 0. The molecule has 2 nitrogen and oxygen atoms in total. The van der Waals surface area contributed by atoms with Gasteiger partial charge in [-0.25, -0.2) is 0 Å². The third-order valence-electron chi connectivity index (χ3n) is 15.3. The molecule has 0 bridgehead atoms. The molecule has 0 heterocycles. The van der Waals surface area contributed by atoms with E-state index < -0.39 is 0 Å². The molecule has 0 aromatic rings. The molecule has 4 heteroatoms. The zero-order valence-electron chi connectivity index (χ0n) is 33.7. The Labute approximate surface area is 328 Å². The van der Waals surface area contributed by atoms with Gasteiger partial charge < -0.3 is 4.74 Å². The Morgan fingerprint density at radius 3 is 1.72 bits per heavy atom. The van der Waals surface area contributed by atoms with Crippen molar-refractivity contribution in [3.63, 3.8) is 0 Å². The van der Waals surface area contributed by atoms with Crippen molar-refractivity contribution >= 4 is 37.8 Å². The Hall–Kier alpha value is 0.430. The number of rotatable bonds is 25. The van der Waals surface area contributed by atoms with E-state index in [1.165, 1.54) is 180 Å². The fraction of sp³-hybridized carbons (Fsp3) is 0.978. The van der Waals surface area contributed by atoms with Crippen molar-refractivity contribution < 1.29 is 9.53 Å². The van der Waals surface area contributed by atoms with Gasteiger partial charge >= 0.3 is 5.97 Å². The van der Waals surface area contributed by atoms with E-state index >= 15 is 0 Å². The Bertz CT molecular complexity index is 954. The topological polar surface area (TPSA) is 26.3 Å². The van der Waals surface area contributed by atoms with Crippen LogP contribution in [0, 0.1) is 34.5 Å². The molecule has 0 aliphatic heterocycles. The van der Waals surface area contributed by atoms with Gasteiger partial charge in [0.05, 0.1) is 0 Å². The summed E-state index contributed by atoms with van der Waals surface area (Å²) in [7, 11) is 0. The highest BCUT2D eigenvalue weighted by Gasteiger charge is 2.66. The van der Waals surface area contributed by atoms with E-state index in [2.05, 4.69) is 59.6 Å². The summed E-state index contributed by atoms with van der Waals surface area (Å²) in [6, 6.07) is 0. The van der Waals surface area contributed by atoms with Crippen LogP contribution in [-0.4, -0.2) is 21.2 Å². The van der Waals surface area contributed by atoms with Gasteiger partial charge in [-0.05, 0) is 92.3 Å². The van der Waals surface area contributed by atoms with Crippen molar-refractivity contribution in [3.05, 3.63) is 0 Å². The molecule has 4 aliphatic carbocycles. The van der Waals surface area contributed by atoms with Gasteiger partial charge in [-0.1, -0.05) is 194 Å². The molecule has 4 aliphatic rings. The predicted octanol–water partition coefficient (Wildman–Crippen LogP) is 15.9. The summed E-state index contributed by atoms with van der Waals surface area (Å²) in [5.74, 6) is 3.54. The van der Waals surface area contributed by atoms with Crippen LogP contribution in [0.3, 0.4) is 0 Å². The van der Waals surface area contributed by atoms with E-state index in [1.54, 1.807) is 0 Å². The third-order valence-corrected chi connectivity index (χ3v) is 18.9. The van der Waals surface area contributed by atoms with Crippen LogP contribution >= 0.6 is 31.9 Å². The third kappa shape index (κ3) is 11.5. The standard InChI is InChI=1S/C46H82Br2O2/c1-5-7-9-11-13-14-15-16-17-18-19-20-21-22-24-26-28-43(49)50-38-31-34-45(4)41-32-33-44(3)37(27-25-23-12-10-8-6-2)29-30-40(44)39(41)35-42(47)46(45,48)36-38/h37-42H,5-36H2,1-4H3/t37-,38-,39-,40-,41-,42-,44+,45+,46+/m0/s1. The number of carbonyl (C=O) groups excluding carboxylic acids is 1. The minimum atomic E-state index is 0.0167. The number of halogens is 2. The minimum Gasteiger partial charge on any atom is -0.462 e. The maximum atomic E-state index is 13.0. The predicted molar refractivity (Wildman–Crippen MR) is 224 cm³/mol. The highest BCUT2D eigenvalue weighted by atomic mass is 79.9. The van der Waals surface area contributed by atoms with Gasteiger partial charge in [0.25, 0.3) is 0 Å². The number of esters is 1. The SMILES string of the molecule is CCCCCCCCCCCCCCCCCCC(=O)O[C@H]1CC[C@]2(C)[C@H]3CC[C@]4(C)[C@@H](CCCCCCCC)CC[C@H]4[C@@H]3C[C@H](Br)[C@]2(Br)C1. The van der Waals surface area contributed by atoms with Crippen molar-refractivity contribution in [2.45, 2.75) is 248 Å². The van der Waals surface area contributed by atoms with Crippen LogP contribution in [0.2, 0.25) is 0 Å². The van der Waals surface area contributed by atoms with Gasteiger partial charge in [-0.3, -0.25) is 4.79 Å². The second-order valence-corrected chi connectivity index (χ2v) is 21.2. The molecule has 0 radical (unpaired) electrons. The van der Waals surface area contributed by atoms with E-state index in [-0.39, 0.29) is 21.8 Å². The van der Waals surface area contributed by atoms with Crippen LogP contribution in [0.15, 0.2) is 0 Å². The second-order valence-electron chi connectivity index (χ2n) is 18.6.